The number of aryl methyl sites for hydroxylation is 1. The number of benzene rings is 2. The number of hydrogen-bond acceptors (Lipinski definition) is 4. The number of hydrogen-bond donors (Lipinski definition) is 2. The van der Waals surface area contributed by atoms with Crippen LogP contribution in [0.1, 0.15) is 22.7 Å². The van der Waals surface area contributed by atoms with E-state index in [-0.39, 0.29) is 18.5 Å². The van der Waals surface area contributed by atoms with Gasteiger partial charge in [0, 0.05) is 17.2 Å². The number of H-pyrrole nitrogens is 1. The molecule has 0 aliphatic carbocycles. The Morgan fingerprint density at radius 1 is 1.04 bits per heavy atom. The highest BCUT2D eigenvalue weighted by Gasteiger charge is 2.40. The molecule has 0 amide bonds. The van der Waals surface area contributed by atoms with Gasteiger partial charge in [-0.25, -0.2) is 4.79 Å². The summed E-state index contributed by atoms with van der Waals surface area (Å²) in [5.74, 6) is 0.354. The molecule has 2 aliphatic heterocycles. The molecule has 0 saturated carbocycles. The average molecular weight is 343 g/mol. The number of ether oxygens (including phenoxy) is 1. The molecular formula is C21H17N3O2. The summed E-state index contributed by atoms with van der Waals surface area (Å²) in [4.78, 5) is 12.4. The minimum absolute atomic E-state index is 0.167. The lowest BCUT2D eigenvalue weighted by molar-refractivity contribution is -0.136. The Labute approximate surface area is 150 Å². The van der Waals surface area contributed by atoms with Gasteiger partial charge in [0.25, 0.3) is 0 Å². The number of esters is 1. The zero-order valence-corrected chi connectivity index (χ0v) is 14.2. The van der Waals surface area contributed by atoms with Gasteiger partial charge in [-0.3, -0.25) is 5.10 Å². The summed E-state index contributed by atoms with van der Waals surface area (Å²) in [7, 11) is 0. The van der Waals surface area contributed by atoms with E-state index in [1.807, 2.05) is 25.1 Å². The van der Waals surface area contributed by atoms with Crippen molar-refractivity contribution in [1.29, 1.82) is 0 Å². The molecule has 0 spiro atoms. The smallest absolute Gasteiger partial charge is 0.337 e. The van der Waals surface area contributed by atoms with Crippen LogP contribution in [-0.4, -0.2) is 22.8 Å². The van der Waals surface area contributed by atoms with Crippen molar-refractivity contribution in [3.8, 4) is 11.1 Å². The summed E-state index contributed by atoms with van der Waals surface area (Å²) < 4.78 is 5.27. The number of carbonyl (C=O) groups is 1. The molecule has 2 aromatic carbocycles. The van der Waals surface area contributed by atoms with Crippen LogP contribution in [0, 0.1) is 6.92 Å². The molecule has 0 radical (unpaired) electrons. The number of nitrogens with zero attached hydrogens (tertiary/aromatic N) is 1. The van der Waals surface area contributed by atoms with Gasteiger partial charge in [0.15, 0.2) is 5.82 Å². The third kappa shape index (κ3) is 2.17. The molecule has 0 fully saturated rings. The van der Waals surface area contributed by atoms with Crippen LogP contribution in [0.3, 0.4) is 0 Å². The van der Waals surface area contributed by atoms with Gasteiger partial charge in [-0.15, -0.1) is 0 Å². The van der Waals surface area contributed by atoms with Gasteiger partial charge in [0.2, 0.25) is 0 Å². The molecule has 1 unspecified atom stereocenters. The molecule has 5 rings (SSSR count). The second-order valence-corrected chi connectivity index (χ2v) is 6.63. The van der Waals surface area contributed by atoms with Crippen LogP contribution in [0.4, 0.5) is 5.82 Å². The molecule has 128 valence electrons. The van der Waals surface area contributed by atoms with Crippen LogP contribution in [-0.2, 0) is 9.53 Å². The molecule has 3 aromatic rings. The van der Waals surface area contributed by atoms with Gasteiger partial charge < -0.3 is 10.1 Å². The van der Waals surface area contributed by atoms with Crippen molar-refractivity contribution in [2.75, 3.05) is 11.9 Å². The predicted octanol–water partition coefficient (Wildman–Crippen LogP) is 3.75. The van der Waals surface area contributed by atoms with E-state index in [0.717, 1.165) is 33.9 Å². The first-order valence-corrected chi connectivity index (χ1v) is 8.60. The van der Waals surface area contributed by atoms with Gasteiger partial charge >= 0.3 is 5.97 Å². The molecule has 0 saturated heterocycles. The van der Waals surface area contributed by atoms with Crippen LogP contribution < -0.4 is 5.32 Å². The van der Waals surface area contributed by atoms with Crippen LogP contribution in [0.2, 0.25) is 0 Å². The van der Waals surface area contributed by atoms with Gasteiger partial charge in [-0.05, 0) is 23.6 Å². The largest absolute Gasteiger partial charge is 0.456 e. The third-order valence-corrected chi connectivity index (χ3v) is 5.08. The van der Waals surface area contributed by atoms with Gasteiger partial charge in [-0.2, -0.15) is 5.10 Å². The standard InChI is InChI=1S/C21H17N3O2/c1-12-17-18(19-16(11-26-21(19)25)22-20(17)24-23-12)15-9-7-14(8-10-15)13-5-3-2-4-6-13/h2-10,18H,11H2,1H3,(H2,22,23,24). The maximum atomic E-state index is 12.4. The maximum Gasteiger partial charge on any atom is 0.337 e. The Morgan fingerprint density at radius 3 is 2.54 bits per heavy atom. The van der Waals surface area contributed by atoms with E-state index < -0.39 is 0 Å². The molecule has 1 atom stereocenters. The van der Waals surface area contributed by atoms with E-state index in [2.05, 4.69) is 51.9 Å². The predicted molar refractivity (Wildman–Crippen MR) is 98.7 cm³/mol. The van der Waals surface area contributed by atoms with Gasteiger partial charge in [-0.1, -0.05) is 54.6 Å². The monoisotopic (exact) mass is 343 g/mol. The highest BCUT2D eigenvalue weighted by molar-refractivity contribution is 5.97. The van der Waals surface area contributed by atoms with E-state index in [4.69, 9.17) is 4.74 Å². The molecular weight excluding hydrogens is 326 g/mol. The molecule has 5 heteroatoms. The third-order valence-electron chi connectivity index (χ3n) is 5.08. The van der Waals surface area contributed by atoms with E-state index in [0.29, 0.717) is 5.57 Å². The summed E-state index contributed by atoms with van der Waals surface area (Å²) in [6, 6.07) is 18.6. The minimum atomic E-state index is -0.254. The van der Waals surface area contributed by atoms with Gasteiger partial charge in [0.05, 0.1) is 11.3 Å². The molecule has 2 N–H and O–H groups in total. The highest BCUT2D eigenvalue weighted by Crippen LogP contribution is 2.44. The second-order valence-electron chi connectivity index (χ2n) is 6.63. The van der Waals surface area contributed by atoms with Crippen molar-refractivity contribution >= 4 is 11.8 Å². The number of carbonyl (C=O) groups excluding carboxylic acids is 1. The summed E-state index contributed by atoms with van der Waals surface area (Å²) in [5.41, 5.74) is 6.84. The van der Waals surface area contributed by atoms with Crippen LogP contribution >= 0.6 is 0 Å². The van der Waals surface area contributed by atoms with Crippen molar-refractivity contribution < 1.29 is 9.53 Å². The van der Waals surface area contributed by atoms with Crippen molar-refractivity contribution in [2.45, 2.75) is 12.8 Å². The average Bonchev–Trinajstić information content (AvgIpc) is 3.24. The topological polar surface area (TPSA) is 67.0 Å². The van der Waals surface area contributed by atoms with Crippen LogP contribution in [0.25, 0.3) is 11.1 Å². The second kappa shape index (κ2) is 5.59. The Bertz CT molecular complexity index is 1030. The number of cyclic esters (lactones) is 1. The molecule has 5 nitrogen and oxygen atoms in total. The Kier molecular flexibility index (Phi) is 3.22. The Morgan fingerprint density at radius 2 is 1.77 bits per heavy atom. The maximum absolute atomic E-state index is 12.4. The number of fused-ring (bicyclic) bond motifs is 1. The fraction of sp³-hybridized carbons (Fsp3) is 0.143. The van der Waals surface area contributed by atoms with Crippen molar-refractivity contribution in [1.82, 2.24) is 10.2 Å². The number of aromatic amines is 1. The summed E-state index contributed by atoms with van der Waals surface area (Å²) in [6.07, 6.45) is 0. The number of aromatic nitrogens is 2. The van der Waals surface area contributed by atoms with Crippen LogP contribution in [0.5, 0.6) is 0 Å². The lowest BCUT2D eigenvalue weighted by Gasteiger charge is -2.24. The van der Waals surface area contributed by atoms with Crippen molar-refractivity contribution in [2.24, 2.45) is 0 Å². The molecule has 0 bridgehead atoms. The first-order chi connectivity index (χ1) is 12.7. The fourth-order valence-corrected chi connectivity index (χ4v) is 3.82. The lowest BCUT2D eigenvalue weighted by atomic mass is 9.81. The fourth-order valence-electron chi connectivity index (χ4n) is 3.82. The molecule has 26 heavy (non-hydrogen) atoms. The lowest BCUT2D eigenvalue weighted by Crippen LogP contribution is -2.19. The number of rotatable bonds is 2. The Hall–Kier alpha value is -3.34. The van der Waals surface area contributed by atoms with E-state index >= 15 is 0 Å². The summed E-state index contributed by atoms with van der Waals surface area (Å²) >= 11 is 0. The molecule has 1 aromatic heterocycles. The van der Waals surface area contributed by atoms with Gasteiger partial charge in [0.1, 0.15) is 6.61 Å². The normalized spacial score (nSPS) is 18.2. The molecule has 2 aliphatic rings. The summed E-state index contributed by atoms with van der Waals surface area (Å²) in [5, 5.41) is 10.6. The first-order valence-electron chi connectivity index (χ1n) is 8.60. The highest BCUT2D eigenvalue weighted by atomic mass is 16.5. The quantitative estimate of drug-likeness (QED) is 0.696. The van der Waals surface area contributed by atoms with Crippen LogP contribution in [0.15, 0.2) is 65.9 Å². The van der Waals surface area contributed by atoms with Crippen molar-refractivity contribution in [3.05, 3.63) is 82.7 Å². The number of anilines is 1. The Balaban J connectivity index is 1.62. The first kappa shape index (κ1) is 15.0. The summed E-state index contributed by atoms with van der Waals surface area (Å²) in [6.45, 7) is 2.25. The van der Waals surface area contributed by atoms with E-state index in [1.54, 1.807) is 0 Å². The zero-order chi connectivity index (χ0) is 17.7. The number of nitrogens with one attached hydrogen (secondary N) is 2. The van der Waals surface area contributed by atoms with E-state index in [9.17, 15) is 4.79 Å². The van der Waals surface area contributed by atoms with E-state index in [1.165, 1.54) is 5.56 Å². The minimum Gasteiger partial charge on any atom is -0.456 e. The zero-order valence-electron chi connectivity index (χ0n) is 14.2. The SMILES string of the molecule is Cc1[nH]nc2c1C(c1ccc(-c3ccccc3)cc1)C1=C(COC1=O)N2. The van der Waals surface area contributed by atoms with Crippen molar-refractivity contribution in [3.63, 3.8) is 0 Å². The molecule has 3 heterocycles.